The predicted molar refractivity (Wildman–Crippen MR) is 128 cm³/mol. The van der Waals surface area contributed by atoms with Crippen molar-refractivity contribution in [2.45, 2.75) is 137 Å². The Hall–Kier alpha value is -1.06. The molecule has 1 aliphatic carbocycles. The smallest absolute Gasteiger partial charge is 0.310 e. The third-order valence-electron chi connectivity index (χ3n) is 7.20. The van der Waals surface area contributed by atoms with Gasteiger partial charge in [-0.3, -0.25) is 9.59 Å². The van der Waals surface area contributed by atoms with Crippen LogP contribution in [0.25, 0.3) is 0 Å². The van der Waals surface area contributed by atoms with Crippen molar-refractivity contribution in [2.75, 3.05) is 0 Å². The van der Waals surface area contributed by atoms with E-state index in [4.69, 9.17) is 4.74 Å². The largest absolute Gasteiger partial charge is 0.481 e. The molecule has 4 atom stereocenters. The quantitative estimate of drug-likeness (QED) is 0.186. The predicted octanol–water partition coefficient (Wildman–Crippen LogP) is 7.78. The van der Waals surface area contributed by atoms with Gasteiger partial charge in [0, 0.05) is 0 Å². The molecule has 1 aliphatic rings. The molecule has 31 heavy (non-hydrogen) atoms. The Bertz CT molecular complexity index is 488. The highest BCUT2D eigenvalue weighted by atomic mass is 16.5. The Kier molecular flexibility index (Phi) is 14.9. The van der Waals surface area contributed by atoms with Gasteiger partial charge < -0.3 is 9.84 Å². The summed E-state index contributed by atoms with van der Waals surface area (Å²) in [6.45, 7) is 8.88. The Balaban J connectivity index is 2.26. The molecule has 0 aromatic carbocycles. The maximum Gasteiger partial charge on any atom is 0.310 e. The third kappa shape index (κ3) is 11.9. The van der Waals surface area contributed by atoms with Crippen LogP contribution in [0.3, 0.4) is 0 Å². The lowest BCUT2D eigenvalue weighted by molar-refractivity contribution is -0.166. The zero-order valence-electron chi connectivity index (χ0n) is 20.9. The number of aliphatic carboxylic acids is 1. The Morgan fingerprint density at radius 2 is 1.29 bits per heavy atom. The number of rotatable bonds is 17. The van der Waals surface area contributed by atoms with Crippen molar-refractivity contribution in [3.05, 3.63) is 0 Å². The number of carboxylic acids is 1. The highest BCUT2D eigenvalue weighted by molar-refractivity contribution is 5.81. The molecule has 0 aromatic rings. The molecule has 0 bridgehead atoms. The summed E-state index contributed by atoms with van der Waals surface area (Å²) in [5.74, 6) is -0.986. The van der Waals surface area contributed by atoms with Gasteiger partial charge in [0.25, 0.3) is 0 Å². The van der Waals surface area contributed by atoms with E-state index in [1.54, 1.807) is 0 Å². The second kappa shape index (κ2) is 16.6. The van der Waals surface area contributed by atoms with Crippen LogP contribution >= 0.6 is 0 Å². The van der Waals surface area contributed by atoms with Gasteiger partial charge in [0.2, 0.25) is 0 Å². The highest BCUT2D eigenvalue weighted by Gasteiger charge is 2.38. The number of carbonyl (C=O) groups excluding carboxylic acids is 1. The molecule has 4 heteroatoms. The van der Waals surface area contributed by atoms with Crippen LogP contribution in [-0.4, -0.2) is 23.1 Å². The van der Waals surface area contributed by atoms with Crippen LogP contribution in [0.1, 0.15) is 130 Å². The number of esters is 1. The SMILES string of the molecule is CCC(C)C(CCCCCCCCCCCC(C)C)OC(=O)C1CCCCC1C(=O)O. The second-order valence-corrected chi connectivity index (χ2v) is 10.3. The molecule has 182 valence electrons. The molecule has 1 fully saturated rings. The van der Waals surface area contributed by atoms with E-state index in [1.165, 1.54) is 57.8 Å². The van der Waals surface area contributed by atoms with Gasteiger partial charge in [-0.15, -0.1) is 0 Å². The summed E-state index contributed by atoms with van der Waals surface area (Å²) in [6.07, 6.45) is 17.9. The normalized spacial score (nSPS) is 21.1. The monoisotopic (exact) mass is 438 g/mol. The minimum atomic E-state index is -0.846. The summed E-state index contributed by atoms with van der Waals surface area (Å²) in [7, 11) is 0. The number of carbonyl (C=O) groups is 2. The third-order valence-corrected chi connectivity index (χ3v) is 7.20. The number of ether oxygens (including phenoxy) is 1. The van der Waals surface area contributed by atoms with E-state index in [9.17, 15) is 14.7 Å². The summed E-state index contributed by atoms with van der Waals surface area (Å²) in [4.78, 5) is 24.3. The lowest BCUT2D eigenvalue weighted by Gasteiger charge is -2.30. The van der Waals surface area contributed by atoms with E-state index in [0.29, 0.717) is 18.8 Å². The minimum absolute atomic E-state index is 0.0742. The first kappa shape index (κ1) is 28.0. The summed E-state index contributed by atoms with van der Waals surface area (Å²) < 4.78 is 5.92. The maximum atomic E-state index is 12.8. The summed E-state index contributed by atoms with van der Waals surface area (Å²) in [6, 6.07) is 0. The maximum absolute atomic E-state index is 12.8. The van der Waals surface area contributed by atoms with Gasteiger partial charge in [0.15, 0.2) is 0 Å². The first-order valence-corrected chi connectivity index (χ1v) is 13.3. The molecule has 0 aliphatic heterocycles. The van der Waals surface area contributed by atoms with Gasteiger partial charge in [0.05, 0.1) is 11.8 Å². The molecule has 0 radical (unpaired) electrons. The van der Waals surface area contributed by atoms with Crippen molar-refractivity contribution in [1.82, 2.24) is 0 Å². The number of unbranched alkanes of at least 4 members (excludes halogenated alkanes) is 8. The average molecular weight is 439 g/mol. The average Bonchev–Trinajstić information content (AvgIpc) is 2.75. The minimum Gasteiger partial charge on any atom is -0.481 e. The van der Waals surface area contributed by atoms with Gasteiger partial charge >= 0.3 is 11.9 Å². The van der Waals surface area contributed by atoms with Crippen LogP contribution in [0, 0.1) is 23.7 Å². The van der Waals surface area contributed by atoms with Gasteiger partial charge in [-0.05, 0) is 37.5 Å². The molecular weight excluding hydrogens is 388 g/mol. The van der Waals surface area contributed by atoms with Crippen LogP contribution in [0.5, 0.6) is 0 Å². The van der Waals surface area contributed by atoms with Crippen LogP contribution in [0.2, 0.25) is 0 Å². The molecule has 1 N–H and O–H groups in total. The molecule has 0 amide bonds. The van der Waals surface area contributed by atoms with Crippen molar-refractivity contribution < 1.29 is 19.4 Å². The topological polar surface area (TPSA) is 63.6 Å². The summed E-state index contributed by atoms with van der Waals surface area (Å²) in [5, 5.41) is 9.47. The van der Waals surface area contributed by atoms with Crippen LogP contribution < -0.4 is 0 Å². The van der Waals surface area contributed by atoms with Crippen molar-refractivity contribution >= 4 is 11.9 Å². The Morgan fingerprint density at radius 1 is 0.806 bits per heavy atom. The van der Waals surface area contributed by atoms with E-state index in [2.05, 4.69) is 27.7 Å². The second-order valence-electron chi connectivity index (χ2n) is 10.3. The Morgan fingerprint density at radius 3 is 1.77 bits per heavy atom. The Labute approximate surface area is 191 Å². The summed E-state index contributed by atoms with van der Waals surface area (Å²) in [5.41, 5.74) is 0. The first-order chi connectivity index (χ1) is 14.9. The molecule has 1 saturated carbocycles. The van der Waals surface area contributed by atoms with E-state index < -0.39 is 17.8 Å². The molecule has 4 unspecified atom stereocenters. The van der Waals surface area contributed by atoms with Crippen LogP contribution in [-0.2, 0) is 14.3 Å². The van der Waals surface area contributed by atoms with Crippen LogP contribution in [0.4, 0.5) is 0 Å². The van der Waals surface area contributed by atoms with E-state index in [0.717, 1.165) is 38.0 Å². The summed E-state index contributed by atoms with van der Waals surface area (Å²) >= 11 is 0. The van der Waals surface area contributed by atoms with E-state index >= 15 is 0 Å². The van der Waals surface area contributed by atoms with Crippen molar-refractivity contribution in [1.29, 1.82) is 0 Å². The lowest BCUT2D eigenvalue weighted by Crippen LogP contribution is -2.37. The molecule has 0 spiro atoms. The van der Waals surface area contributed by atoms with Crippen molar-refractivity contribution in [3.8, 4) is 0 Å². The number of hydrogen-bond donors (Lipinski definition) is 1. The fraction of sp³-hybridized carbons (Fsp3) is 0.926. The molecule has 0 heterocycles. The van der Waals surface area contributed by atoms with E-state index in [1.807, 2.05) is 0 Å². The molecule has 0 saturated heterocycles. The lowest BCUT2D eigenvalue weighted by atomic mass is 9.79. The number of hydrogen-bond acceptors (Lipinski definition) is 3. The highest BCUT2D eigenvalue weighted by Crippen LogP contribution is 2.32. The standard InChI is InChI=1S/C27H50O4/c1-5-22(4)25(31-27(30)24-19-16-15-18-23(24)26(28)29)20-14-12-10-8-6-7-9-11-13-17-21(2)3/h21-25H,5-20H2,1-4H3,(H,28,29). The van der Waals surface area contributed by atoms with Gasteiger partial charge in [-0.2, -0.15) is 0 Å². The zero-order valence-corrected chi connectivity index (χ0v) is 20.9. The molecule has 0 aromatic heterocycles. The fourth-order valence-corrected chi connectivity index (χ4v) is 4.80. The molecule has 4 nitrogen and oxygen atoms in total. The fourth-order valence-electron chi connectivity index (χ4n) is 4.80. The molecule has 1 rings (SSSR count). The first-order valence-electron chi connectivity index (χ1n) is 13.3. The van der Waals surface area contributed by atoms with Gasteiger partial charge in [0.1, 0.15) is 6.10 Å². The van der Waals surface area contributed by atoms with Crippen LogP contribution in [0.15, 0.2) is 0 Å². The van der Waals surface area contributed by atoms with E-state index in [-0.39, 0.29) is 12.1 Å². The van der Waals surface area contributed by atoms with Crippen molar-refractivity contribution in [3.63, 3.8) is 0 Å². The molecular formula is C27H50O4. The van der Waals surface area contributed by atoms with Gasteiger partial charge in [-0.25, -0.2) is 0 Å². The van der Waals surface area contributed by atoms with Gasteiger partial charge in [-0.1, -0.05) is 105 Å². The zero-order chi connectivity index (χ0) is 23.1. The van der Waals surface area contributed by atoms with Crippen molar-refractivity contribution in [2.24, 2.45) is 23.7 Å². The number of carboxylic acid groups (broad SMARTS) is 1.